The van der Waals surface area contributed by atoms with Crippen molar-refractivity contribution in [3.63, 3.8) is 0 Å². The van der Waals surface area contributed by atoms with E-state index in [2.05, 4.69) is 0 Å². The maximum atomic E-state index is 11.1. The highest BCUT2D eigenvalue weighted by atomic mass is 32.2. The number of methoxy groups -OCH3 is 2. The number of benzene rings is 1. The molecular weight excluding hydrogens is 252 g/mol. The fourth-order valence-corrected chi connectivity index (χ4v) is 3.29. The van der Waals surface area contributed by atoms with Crippen molar-refractivity contribution in [2.75, 3.05) is 20.0 Å². The molecule has 4 nitrogen and oxygen atoms in total. The van der Waals surface area contributed by atoms with E-state index in [4.69, 9.17) is 14.6 Å². The molecule has 1 aliphatic heterocycles. The van der Waals surface area contributed by atoms with Gasteiger partial charge in [-0.2, -0.15) is 11.8 Å². The first kappa shape index (κ1) is 13.1. The topological polar surface area (TPSA) is 55.8 Å². The van der Waals surface area contributed by atoms with E-state index in [0.29, 0.717) is 5.75 Å². The van der Waals surface area contributed by atoms with Gasteiger partial charge in [-0.15, -0.1) is 0 Å². The fraction of sp³-hybridized carbons (Fsp3) is 0.462. The minimum absolute atomic E-state index is 0.0491. The third kappa shape index (κ3) is 2.14. The van der Waals surface area contributed by atoms with Crippen molar-refractivity contribution >= 4 is 17.7 Å². The molecule has 0 aliphatic carbocycles. The van der Waals surface area contributed by atoms with Crippen molar-refractivity contribution in [1.82, 2.24) is 0 Å². The number of carboxylic acids is 1. The summed E-state index contributed by atoms with van der Waals surface area (Å²) in [7, 11) is 3.21. The number of aryl methyl sites for hydroxylation is 1. The van der Waals surface area contributed by atoms with Gasteiger partial charge in [-0.05, 0) is 24.6 Å². The molecule has 1 aromatic carbocycles. The molecule has 0 amide bonds. The number of aliphatic carboxylic acids is 1. The Bertz CT molecular complexity index is 472. The maximum Gasteiger partial charge on any atom is 0.308 e. The maximum absolute atomic E-state index is 11.1. The normalized spacial score (nSPS) is 22.2. The Morgan fingerprint density at radius 3 is 2.44 bits per heavy atom. The Balaban J connectivity index is 2.39. The summed E-state index contributed by atoms with van der Waals surface area (Å²) in [6.45, 7) is 1.94. The molecule has 98 valence electrons. The summed E-state index contributed by atoms with van der Waals surface area (Å²) in [6.07, 6.45) is 0. The van der Waals surface area contributed by atoms with Crippen LogP contribution in [-0.2, 0) is 4.79 Å². The molecular formula is C13H16O4S. The van der Waals surface area contributed by atoms with E-state index >= 15 is 0 Å². The van der Waals surface area contributed by atoms with Crippen LogP contribution in [0, 0.1) is 12.8 Å². The zero-order valence-electron chi connectivity index (χ0n) is 10.6. The summed E-state index contributed by atoms with van der Waals surface area (Å²) < 4.78 is 10.6. The lowest BCUT2D eigenvalue weighted by Gasteiger charge is -2.34. The van der Waals surface area contributed by atoms with Crippen LogP contribution in [0.25, 0.3) is 0 Å². The molecule has 1 aromatic rings. The second kappa shape index (κ2) is 5.10. The molecule has 1 saturated heterocycles. The van der Waals surface area contributed by atoms with E-state index in [1.807, 2.05) is 19.1 Å². The van der Waals surface area contributed by atoms with Crippen molar-refractivity contribution in [2.24, 2.45) is 5.92 Å². The van der Waals surface area contributed by atoms with Gasteiger partial charge in [0.05, 0.1) is 20.1 Å². The van der Waals surface area contributed by atoms with E-state index in [1.54, 1.807) is 26.0 Å². The Hall–Kier alpha value is -1.36. The fourth-order valence-electron chi connectivity index (χ4n) is 2.09. The second-order valence-electron chi connectivity index (χ2n) is 4.26. The van der Waals surface area contributed by atoms with Crippen molar-refractivity contribution in [3.8, 4) is 11.5 Å². The predicted octanol–water partition coefficient (Wildman–Crippen LogP) is 2.50. The zero-order valence-corrected chi connectivity index (χ0v) is 11.4. The first-order chi connectivity index (χ1) is 8.58. The summed E-state index contributed by atoms with van der Waals surface area (Å²) in [4.78, 5) is 11.1. The largest absolute Gasteiger partial charge is 0.496 e. The van der Waals surface area contributed by atoms with Crippen LogP contribution in [-0.4, -0.2) is 31.0 Å². The average molecular weight is 268 g/mol. The van der Waals surface area contributed by atoms with Crippen LogP contribution in [0.2, 0.25) is 0 Å². The Morgan fingerprint density at radius 1 is 1.33 bits per heavy atom. The van der Waals surface area contributed by atoms with E-state index in [1.165, 1.54) is 0 Å². The first-order valence-electron chi connectivity index (χ1n) is 5.65. The summed E-state index contributed by atoms with van der Waals surface area (Å²) >= 11 is 1.63. The number of hydrogen-bond donors (Lipinski definition) is 1. The Morgan fingerprint density at radius 2 is 2.00 bits per heavy atom. The summed E-state index contributed by atoms with van der Waals surface area (Å²) in [5, 5.41) is 9.08. The highest BCUT2D eigenvalue weighted by Crippen LogP contribution is 2.51. The third-order valence-corrected chi connectivity index (χ3v) is 4.68. The smallest absolute Gasteiger partial charge is 0.308 e. The van der Waals surface area contributed by atoms with Gasteiger partial charge < -0.3 is 14.6 Å². The van der Waals surface area contributed by atoms with E-state index in [0.717, 1.165) is 22.6 Å². The van der Waals surface area contributed by atoms with Crippen LogP contribution in [0.5, 0.6) is 11.5 Å². The van der Waals surface area contributed by atoms with Crippen molar-refractivity contribution in [2.45, 2.75) is 12.2 Å². The highest BCUT2D eigenvalue weighted by Gasteiger charge is 2.40. The molecule has 1 fully saturated rings. The Kier molecular flexibility index (Phi) is 3.71. The monoisotopic (exact) mass is 268 g/mol. The third-order valence-electron chi connectivity index (χ3n) is 3.19. The molecule has 0 aromatic heterocycles. The van der Waals surface area contributed by atoms with Crippen LogP contribution >= 0.6 is 11.8 Å². The molecule has 2 atom stereocenters. The lowest BCUT2D eigenvalue weighted by Crippen LogP contribution is -2.31. The minimum Gasteiger partial charge on any atom is -0.496 e. The molecule has 0 spiro atoms. The van der Waals surface area contributed by atoms with Gasteiger partial charge in [0.25, 0.3) is 0 Å². The molecule has 0 radical (unpaired) electrons. The number of carbonyl (C=O) groups is 1. The number of ether oxygens (including phenoxy) is 2. The minimum atomic E-state index is -0.750. The van der Waals surface area contributed by atoms with E-state index < -0.39 is 5.97 Å². The van der Waals surface area contributed by atoms with E-state index in [-0.39, 0.29) is 11.2 Å². The van der Waals surface area contributed by atoms with Gasteiger partial charge >= 0.3 is 5.97 Å². The molecule has 18 heavy (non-hydrogen) atoms. The van der Waals surface area contributed by atoms with Gasteiger partial charge in [-0.3, -0.25) is 4.79 Å². The summed E-state index contributed by atoms with van der Waals surface area (Å²) in [5.74, 6) is 1.06. The van der Waals surface area contributed by atoms with Crippen LogP contribution in [0.1, 0.15) is 16.4 Å². The predicted molar refractivity (Wildman–Crippen MR) is 70.6 cm³/mol. The van der Waals surface area contributed by atoms with Crippen LogP contribution in [0.4, 0.5) is 0 Å². The summed E-state index contributed by atoms with van der Waals surface area (Å²) in [5.41, 5.74) is 1.89. The molecule has 1 heterocycles. The molecule has 2 rings (SSSR count). The van der Waals surface area contributed by atoms with Crippen molar-refractivity contribution < 1.29 is 19.4 Å². The Labute approximate surface area is 110 Å². The lowest BCUT2D eigenvalue weighted by molar-refractivity contribution is -0.141. The van der Waals surface area contributed by atoms with Gasteiger partial charge in [-0.25, -0.2) is 0 Å². The van der Waals surface area contributed by atoms with Gasteiger partial charge in [0.1, 0.15) is 11.5 Å². The molecule has 0 bridgehead atoms. The molecule has 2 unspecified atom stereocenters. The van der Waals surface area contributed by atoms with Gasteiger partial charge in [0.15, 0.2) is 0 Å². The van der Waals surface area contributed by atoms with Crippen molar-refractivity contribution in [1.29, 1.82) is 0 Å². The molecule has 1 aliphatic rings. The molecule has 0 saturated carbocycles. The highest BCUT2D eigenvalue weighted by molar-refractivity contribution is 8.01. The van der Waals surface area contributed by atoms with Gasteiger partial charge in [0, 0.05) is 16.6 Å². The SMILES string of the molecule is COc1cc(C2SCC2C(=O)O)c(OC)cc1C. The number of carboxylic acid groups (broad SMARTS) is 1. The number of thioether (sulfide) groups is 1. The standard InChI is InChI=1S/C13H16O4S/c1-7-4-11(17-3)8(5-10(7)16-2)12-9(6-18-12)13(14)15/h4-5,9,12H,6H2,1-3H3,(H,14,15). The second-order valence-corrected chi connectivity index (χ2v) is 5.44. The number of rotatable bonds is 4. The molecule has 1 N–H and O–H groups in total. The number of hydrogen-bond acceptors (Lipinski definition) is 4. The van der Waals surface area contributed by atoms with Crippen molar-refractivity contribution in [3.05, 3.63) is 23.3 Å². The van der Waals surface area contributed by atoms with Crippen LogP contribution in [0.15, 0.2) is 12.1 Å². The van der Waals surface area contributed by atoms with E-state index in [9.17, 15) is 4.79 Å². The quantitative estimate of drug-likeness (QED) is 0.909. The van der Waals surface area contributed by atoms with Gasteiger partial charge in [-0.1, -0.05) is 0 Å². The van der Waals surface area contributed by atoms with Gasteiger partial charge in [0.2, 0.25) is 0 Å². The average Bonchev–Trinajstić information content (AvgIpc) is 2.28. The lowest BCUT2D eigenvalue weighted by atomic mass is 9.97. The van der Waals surface area contributed by atoms with Crippen LogP contribution < -0.4 is 9.47 Å². The zero-order chi connectivity index (χ0) is 13.3. The molecule has 5 heteroatoms. The van der Waals surface area contributed by atoms with Crippen LogP contribution in [0.3, 0.4) is 0 Å². The summed E-state index contributed by atoms with van der Waals surface area (Å²) in [6, 6.07) is 3.78. The first-order valence-corrected chi connectivity index (χ1v) is 6.70.